The predicted molar refractivity (Wildman–Crippen MR) is 41.3 cm³/mol. The largest absolute Gasteiger partial charge is 0.393 e. The molecule has 4 nitrogen and oxygen atoms in total. The monoisotopic (exact) mass is 178 g/mol. The predicted octanol–water partition coefficient (Wildman–Crippen LogP) is -0.588. The Bertz CT molecular complexity index is 252. The third kappa shape index (κ3) is 2.14. The van der Waals surface area contributed by atoms with E-state index in [1.165, 1.54) is 0 Å². The van der Waals surface area contributed by atoms with Gasteiger partial charge in [-0.15, -0.1) is 0 Å². The molecule has 0 aliphatic carbocycles. The molecule has 64 valence electrons. The van der Waals surface area contributed by atoms with Gasteiger partial charge in [0.15, 0.2) is 5.44 Å². The first-order valence-corrected chi connectivity index (χ1v) is 4.35. The lowest BCUT2D eigenvalue weighted by molar-refractivity contribution is 0.153. The average molecular weight is 178 g/mol. The van der Waals surface area contributed by atoms with Gasteiger partial charge in [-0.3, -0.25) is 0 Å². The standard InChI is InChI=1S/C6H10O4S/c1-3-5(2)11(9,10)6(8)4-7/h3,6-8H,1-2,4H2. The number of hydrogen-bond donors (Lipinski definition) is 2. The summed E-state index contributed by atoms with van der Waals surface area (Å²) >= 11 is 0. The fourth-order valence-electron chi connectivity index (χ4n) is 0.389. The summed E-state index contributed by atoms with van der Waals surface area (Å²) < 4.78 is 21.8. The Morgan fingerprint density at radius 2 is 2.09 bits per heavy atom. The normalized spacial score (nSPS) is 14.0. The minimum Gasteiger partial charge on any atom is -0.393 e. The molecule has 1 atom stereocenters. The summed E-state index contributed by atoms with van der Waals surface area (Å²) in [4.78, 5) is -0.293. The van der Waals surface area contributed by atoms with E-state index in [1.54, 1.807) is 0 Å². The maximum atomic E-state index is 10.9. The van der Waals surface area contributed by atoms with Crippen molar-refractivity contribution < 1.29 is 18.6 Å². The Labute approximate surface area is 65.4 Å². The highest BCUT2D eigenvalue weighted by Crippen LogP contribution is 2.09. The molecule has 0 aromatic rings. The van der Waals surface area contributed by atoms with E-state index in [4.69, 9.17) is 10.2 Å². The van der Waals surface area contributed by atoms with Crippen LogP contribution in [-0.2, 0) is 9.84 Å². The lowest BCUT2D eigenvalue weighted by atomic mass is 10.6. The van der Waals surface area contributed by atoms with Crippen molar-refractivity contribution in [1.29, 1.82) is 0 Å². The number of hydrogen-bond acceptors (Lipinski definition) is 4. The molecule has 11 heavy (non-hydrogen) atoms. The molecule has 0 spiro atoms. The Kier molecular flexibility index (Phi) is 3.44. The van der Waals surface area contributed by atoms with Crippen LogP contribution in [0.2, 0.25) is 0 Å². The van der Waals surface area contributed by atoms with Crippen LogP contribution < -0.4 is 0 Å². The molecule has 0 rings (SSSR count). The summed E-state index contributed by atoms with van der Waals surface area (Å²) in [6, 6.07) is 0. The zero-order valence-corrected chi connectivity index (χ0v) is 6.71. The highest BCUT2D eigenvalue weighted by atomic mass is 32.2. The summed E-state index contributed by atoms with van der Waals surface area (Å²) in [6.07, 6.45) is 1.01. The third-order valence-electron chi connectivity index (χ3n) is 1.11. The van der Waals surface area contributed by atoms with Crippen molar-refractivity contribution in [3.63, 3.8) is 0 Å². The molecular formula is C6H10O4S. The lowest BCUT2D eigenvalue weighted by Gasteiger charge is -2.07. The van der Waals surface area contributed by atoms with Crippen molar-refractivity contribution in [2.45, 2.75) is 5.44 Å². The van der Waals surface area contributed by atoms with Crippen LogP contribution >= 0.6 is 0 Å². The van der Waals surface area contributed by atoms with Crippen LogP contribution in [0.25, 0.3) is 0 Å². The Morgan fingerprint density at radius 3 is 2.36 bits per heavy atom. The van der Waals surface area contributed by atoms with Crippen molar-refractivity contribution >= 4 is 9.84 Å². The molecule has 0 fully saturated rings. The molecule has 0 radical (unpaired) electrons. The molecule has 0 amide bonds. The Hall–Kier alpha value is -0.650. The molecule has 0 bridgehead atoms. The van der Waals surface area contributed by atoms with Crippen molar-refractivity contribution in [2.75, 3.05) is 6.61 Å². The van der Waals surface area contributed by atoms with E-state index in [0.29, 0.717) is 0 Å². The van der Waals surface area contributed by atoms with E-state index in [2.05, 4.69) is 13.2 Å². The molecule has 0 heterocycles. The van der Waals surface area contributed by atoms with E-state index in [9.17, 15) is 8.42 Å². The molecule has 5 heteroatoms. The number of aliphatic hydroxyl groups is 2. The molecule has 2 N–H and O–H groups in total. The first-order valence-electron chi connectivity index (χ1n) is 2.81. The van der Waals surface area contributed by atoms with Gasteiger partial charge in [0.05, 0.1) is 11.5 Å². The van der Waals surface area contributed by atoms with E-state index in [1.807, 2.05) is 0 Å². The van der Waals surface area contributed by atoms with Gasteiger partial charge >= 0.3 is 0 Å². The fraction of sp³-hybridized carbons (Fsp3) is 0.333. The maximum absolute atomic E-state index is 10.9. The second-order valence-electron chi connectivity index (χ2n) is 1.85. The third-order valence-corrected chi connectivity index (χ3v) is 2.87. The topological polar surface area (TPSA) is 74.6 Å². The quantitative estimate of drug-likeness (QED) is 0.564. The SMILES string of the molecule is C=CC(=C)S(=O)(=O)C(O)CO. The maximum Gasteiger partial charge on any atom is 0.206 e. The van der Waals surface area contributed by atoms with Gasteiger partial charge < -0.3 is 10.2 Å². The summed E-state index contributed by atoms with van der Waals surface area (Å²) in [7, 11) is -3.85. The van der Waals surface area contributed by atoms with Gasteiger partial charge in [0.25, 0.3) is 0 Å². The van der Waals surface area contributed by atoms with Crippen molar-refractivity contribution in [3.8, 4) is 0 Å². The summed E-state index contributed by atoms with van der Waals surface area (Å²) in [5.41, 5.74) is -1.80. The first kappa shape index (κ1) is 10.3. The van der Waals surface area contributed by atoms with E-state index in [-0.39, 0.29) is 4.91 Å². The summed E-state index contributed by atoms with van der Waals surface area (Å²) in [6.45, 7) is 5.47. The number of sulfone groups is 1. The van der Waals surface area contributed by atoms with Crippen LogP contribution in [0, 0.1) is 0 Å². The smallest absolute Gasteiger partial charge is 0.206 e. The number of allylic oxidation sites excluding steroid dienone is 1. The number of aliphatic hydroxyl groups excluding tert-OH is 2. The van der Waals surface area contributed by atoms with Crippen LogP contribution in [0.15, 0.2) is 24.1 Å². The molecule has 0 aliphatic rings. The van der Waals surface area contributed by atoms with Crippen molar-refractivity contribution in [2.24, 2.45) is 0 Å². The van der Waals surface area contributed by atoms with E-state index in [0.717, 1.165) is 6.08 Å². The fourth-order valence-corrected chi connectivity index (χ4v) is 1.17. The van der Waals surface area contributed by atoms with Crippen LogP contribution in [0.1, 0.15) is 0 Å². The molecule has 0 aliphatic heterocycles. The zero-order chi connectivity index (χ0) is 9.07. The lowest BCUT2D eigenvalue weighted by Crippen LogP contribution is -2.24. The van der Waals surface area contributed by atoms with Crippen LogP contribution in [0.4, 0.5) is 0 Å². The summed E-state index contributed by atoms with van der Waals surface area (Å²) in [5, 5.41) is 17.1. The van der Waals surface area contributed by atoms with Gasteiger partial charge in [-0.25, -0.2) is 8.42 Å². The Balaban J connectivity index is 4.74. The van der Waals surface area contributed by atoms with Crippen LogP contribution in [-0.4, -0.2) is 30.7 Å². The molecule has 1 unspecified atom stereocenters. The van der Waals surface area contributed by atoms with Crippen molar-refractivity contribution in [3.05, 3.63) is 24.1 Å². The van der Waals surface area contributed by atoms with Gasteiger partial charge in [0.2, 0.25) is 9.84 Å². The van der Waals surface area contributed by atoms with Gasteiger partial charge in [0.1, 0.15) is 0 Å². The van der Waals surface area contributed by atoms with E-state index < -0.39 is 21.9 Å². The van der Waals surface area contributed by atoms with E-state index >= 15 is 0 Å². The van der Waals surface area contributed by atoms with Crippen molar-refractivity contribution in [1.82, 2.24) is 0 Å². The molecule has 0 aromatic heterocycles. The average Bonchev–Trinajstić information content (AvgIpc) is 2.01. The van der Waals surface area contributed by atoms with Gasteiger partial charge in [-0.05, 0) is 0 Å². The number of rotatable bonds is 4. The molecular weight excluding hydrogens is 168 g/mol. The second-order valence-corrected chi connectivity index (χ2v) is 4.01. The molecule has 0 saturated heterocycles. The van der Waals surface area contributed by atoms with Crippen LogP contribution in [0.3, 0.4) is 0 Å². The molecule has 0 saturated carbocycles. The van der Waals surface area contributed by atoms with Gasteiger partial charge in [-0.2, -0.15) is 0 Å². The summed E-state index contributed by atoms with van der Waals surface area (Å²) in [5.74, 6) is 0. The minimum absolute atomic E-state index is 0.293. The second kappa shape index (κ2) is 3.66. The first-order chi connectivity index (χ1) is 4.96. The van der Waals surface area contributed by atoms with Gasteiger partial charge in [-0.1, -0.05) is 19.2 Å². The minimum atomic E-state index is -3.85. The molecule has 0 aromatic carbocycles. The van der Waals surface area contributed by atoms with Crippen LogP contribution in [0.5, 0.6) is 0 Å². The highest BCUT2D eigenvalue weighted by molar-refractivity contribution is 7.95. The van der Waals surface area contributed by atoms with Gasteiger partial charge in [0, 0.05) is 0 Å². The zero-order valence-electron chi connectivity index (χ0n) is 5.90. The Morgan fingerprint density at radius 1 is 1.64 bits per heavy atom. The highest BCUT2D eigenvalue weighted by Gasteiger charge is 2.23.